The van der Waals surface area contributed by atoms with Gasteiger partial charge < -0.3 is 4.90 Å². The summed E-state index contributed by atoms with van der Waals surface area (Å²) < 4.78 is 1.85. The molecule has 0 saturated carbocycles. The molecule has 0 aromatic carbocycles. The van der Waals surface area contributed by atoms with Crippen molar-refractivity contribution in [2.75, 3.05) is 16.8 Å². The van der Waals surface area contributed by atoms with Gasteiger partial charge in [0.05, 0.1) is 6.20 Å². The Balaban J connectivity index is 2.19. The lowest BCUT2D eigenvalue weighted by Gasteiger charge is -2.35. The first kappa shape index (κ1) is 9.96. The van der Waals surface area contributed by atoms with E-state index >= 15 is 0 Å². The van der Waals surface area contributed by atoms with Crippen molar-refractivity contribution in [2.24, 2.45) is 7.05 Å². The summed E-state index contributed by atoms with van der Waals surface area (Å²) in [5, 5.41) is 8.92. The van der Waals surface area contributed by atoms with Crippen LogP contribution >= 0.6 is 15.9 Å². The first-order valence-corrected chi connectivity index (χ1v) is 6.12. The number of hydrogen-bond acceptors (Lipinski definition) is 3. The van der Waals surface area contributed by atoms with Gasteiger partial charge in [-0.05, 0) is 19.3 Å². The fraction of sp³-hybridized carbons (Fsp3) is 0.778. The van der Waals surface area contributed by atoms with Crippen molar-refractivity contribution in [3.8, 4) is 0 Å². The number of hydrogen-bond donors (Lipinski definition) is 0. The Bertz CT molecular complexity index is 299. The number of halogens is 1. The largest absolute Gasteiger partial charge is 0.352 e. The molecule has 78 valence electrons. The van der Waals surface area contributed by atoms with Crippen molar-refractivity contribution < 1.29 is 0 Å². The van der Waals surface area contributed by atoms with E-state index in [1.54, 1.807) is 0 Å². The van der Waals surface area contributed by atoms with Crippen LogP contribution in [0.4, 0.5) is 5.82 Å². The molecule has 1 atom stereocenters. The Kier molecular flexibility index (Phi) is 3.05. The quantitative estimate of drug-likeness (QED) is 0.756. The van der Waals surface area contributed by atoms with Gasteiger partial charge in [0, 0.05) is 25.0 Å². The minimum atomic E-state index is 0.598. The van der Waals surface area contributed by atoms with Gasteiger partial charge in [0.15, 0.2) is 0 Å². The number of alkyl halides is 1. The van der Waals surface area contributed by atoms with E-state index in [2.05, 4.69) is 31.1 Å². The number of anilines is 1. The number of piperidine rings is 1. The van der Waals surface area contributed by atoms with E-state index in [9.17, 15) is 0 Å². The van der Waals surface area contributed by atoms with E-state index in [0.29, 0.717) is 6.04 Å². The van der Waals surface area contributed by atoms with Gasteiger partial charge in [-0.1, -0.05) is 21.1 Å². The molecule has 14 heavy (non-hydrogen) atoms. The van der Waals surface area contributed by atoms with Gasteiger partial charge in [-0.2, -0.15) is 0 Å². The fourth-order valence-electron chi connectivity index (χ4n) is 2.01. The van der Waals surface area contributed by atoms with Crippen LogP contribution in [0.15, 0.2) is 6.20 Å². The molecule has 1 aliphatic heterocycles. The summed E-state index contributed by atoms with van der Waals surface area (Å²) in [7, 11) is 1.95. The molecule has 1 saturated heterocycles. The highest BCUT2D eigenvalue weighted by Gasteiger charge is 2.23. The van der Waals surface area contributed by atoms with Gasteiger partial charge in [-0.15, -0.1) is 5.10 Å². The van der Waals surface area contributed by atoms with Crippen molar-refractivity contribution in [1.82, 2.24) is 15.0 Å². The molecule has 1 unspecified atom stereocenters. The highest BCUT2D eigenvalue weighted by atomic mass is 79.9. The zero-order chi connectivity index (χ0) is 9.97. The molecule has 0 spiro atoms. The zero-order valence-corrected chi connectivity index (χ0v) is 9.94. The molecule has 2 heterocycles. The standard InChI is InChI=1S/C9H15BrN4/c1-13-9(7-11-12-13)14-5-3-2-4-8(14)6-10/h7-8H,2-6H2,1H3. The average molecular weight is 259 g/mol. The molecule has 1 aliphatic rings. The lowest BCUT2D eigenvalue weighted by atomic mass is 10.0. The third-order valence-corrected chi connectivity index (χ3v) is 3.54. The topological polar surface area (TPSA) is 34.0 Å². The maximum Gasteiger partial charge on any atom is 0.147 e. The molecule has 0 bridgehead atoms. The van der Waals surface area contributed by atoms with Gasteiger partial charge in [0.25, 0.3) is 0 Å². The molecule has 0 amide bonds. The molecule has 0 aliphatic carbocycles. The molecule has 4 nitrogen and oxygen atoms in total. The Morgan fingerprint density at radius 2 is 2.43 bits per heavy atom. The smallest absolute Gasteiger partial charge is 0.147 e. The normalized spacial score (nSPS) is 22.7. The molecule has 0 N–H and O–H groups in total. The van der Waals surface area contributed by atoms with Crippen LogP contribution in [-0.4, -0.2) is 32.9 Å². The van der Waals surface area contributed by atoms with E-state index in [-0.39, 0.29) is 0 Å². The Morgan fingerprint density at radius 3 is 3.07 bits per heavy atom. The summed E-state index contributed by atoms with van der Waals surface area (Å²) >= 11 is 3.57. The number of aromatic nitrogens is 3. The molecular formula is C9H15BrN4. The van der Waals surface area contributed by atoms with E-state index in [1.807, 2.05) is 17.9 Å². The van der Waals surface area contributed by atoms with Crippen molar-refractivity contribution in [1.29, 1.82) is 0 Å². The Hall–Kier alpha value is -0.580. The van der Waals surface area contributed by atoms with E-state index in [1.165, 1.54) is 19.3 Å². The Labute approximate surface area is 92.4 Å². The molecular weight excluding hydrogens is 244 g/mol. The molecule has 1 aromatic rings. The van der Waals surface area contributed by atoms with Crippen LogP contribution in [0.25, 0.3) is 0 Å². The molecule has 2 rings (SSSR count). The van der Waals surface area contributed by atoms with E-state index < -0.39 is 0 Å². The van der Waals surface area contributed by atoms with Gasteiger partial charge in [-0.3, -0.25) is 0 Å². The average Bonchev–Trinajstić information content (AvgIpc) is 2.64. The summed E-state index contributed by atoms with van der Waals surface area (Å²) in [5.41, 5.74) is 0. The predicted molar refractivity (Wildman–Crippen MR) is 59.8 cm³/mol. The number of nitrogens with zero attached hydrogens (tertiary/aromatic N) is 4. The van der Waals surface area contributed by atoms with Crippen LogP contribution < -0.4 is 4.90 Å². The van der Waals surface area contributed by atoms with Crippen LogP contribution in [-0.2, 0) is 7.05 Å². The van der Waals surface area contributed by atoms with Crippen LogP contribution in [0, 0.1) is 0 Å². The number of rotatable bonds is 2. The van der Waals surface area contributed by atoms with Crippen LogP contribution in [0.2, 0.25) is 0 Å². The van der Waals surface area contributed by atoms with E-state index in [0.717, 1.165) is 17.7 Å². The van der Waals surface area contributed by atoms with Gasteiger partial charge in [-0.25, -0.2) is 4.68 Å². The van der Waals surface area contributed by atoms with Gasteiger partial charge >= 0.3 is 0 Å². The predicted octanol–water partition coefficient (Wildman–Crippen LogP) is 1.57. The van der Waals surface area contributed by atoms with Crippen LogP contribution in [0.3, 0.4) is 0 Å². The summed E-state index contributed by atoms with van der Waals surface area (Å²) in [6.07, 6.45) is 5.71. The van der Waals surface area contributed by atoms with Crippen LogP contribution in [0.5, 0.6) is 0 Å². The number of aryl methyl sites for hydroxylation is 1. The fourth-order valence-corrected chi connectivity index (χ4v) is 2.68. The van der Waals surface area contributed by atoms with Crippen LogP contribution in [0.1, 0.15) is 19.3 Å². The summed E-state index contributed by atoms with van der Waals surface area (Å²) in [4.78, 5) is 2.40. The molecule has 5 heteroatoms. The zero-order valence-electron chi connectivity index (χ0n) is 8.36. The summed E-state index contributed by atoms with van der Waals surface area (Å²) in [5.74, 6) is 1.13. The molecule has 1 aromatic heterocycles. The van der Waals surface area contributed by atoms with Gasteiger partial charge in [0.1, 0.15) is 5.82 Å². The van der Waals surface area contributed by atoms with Crippen molar-refractivity contribution >= 4 is 21.7 Å². The first-order valence-electron chi connectivity index (χ1n) is 5.00. The third kappa shape index (κ3) is 1.78. The maximum atomic E-state index is 3.97. The Morgan fingerprint density at radius 1 is 1.57 bits per heavy atom. The third-order valence-electron chi connectivity index (χ3n) is 2.79. The lowest BCUT2D eigenvalue weighted by Crippen LogP contribution is -2.41. The highest BCUT2D eigenvalue weighted by Crippen LogP contribution is 2.24. The second-order valence-corrected chi connectivity index (χ2v) is 4.36. The first-order chi connectivity index (χ1) is 6.83. The molecule has 0 radical (unpaired) electrons. The van der Waals surface area contributed by atoms with Crippen molar-refractivity contribution in [3.63, 3.8) is 0 Å². The van der Waals surface area contributed by atoms with Crippen molar-refractivity contribution in [3.05, 3.63) is 6.20 Å². The monoisotopic (exact) mass is 258 g/mol. The lowest BCUT2D eigenvalue weighted by molar-refractivity contribution is 0.480. The van der Waals surface area contributed by atoms with Crippen molar-refractivity contribution in [2.45, 2.75) is 25.3 Å². The van der Waals surface area contributed by atoms with E-state index in [4.69, 9.17) is 0 Å². The molecule has 1 fully saturated rings. The maximum absolute atomic E-state index is 3.97. The highest BCUT2D eigenvalue weighted by molar-refractivity contribution is 9.09. The summed E-state index contributed by atoms with van der Waals surface area (Å²) in [6, 6.07) is 0.598. The minimum Gasteiger partial charge on any atom is -0.352 e. The SMILES string of the molecule is Cn1nncc1N1CCCCC1CBr. The van der Waals surface area contributed by atoms with Gasteiger partial charge in [0.2, 0.25) is 0 Å². The summed E-state index contributed by atoms with van der Waals surface area (Å²) in [6.45, 7) is 1.12. The minimum absolute atomic E-state index is 0.598. The second-order valence-electron chi connectivity index (χ2n) is 3.71. The second kappa shape index (κ2) is 4.29.